The fourth-order valence-corrected chi connectivity index (χ4v) is 7.73. The van der Waals surface area contributed by atoms with Crippen LogP contribution >= 0.6 is 0 Å². The van der Waals surface area contributed by atoms with Crippen molar-refractivity contribution in [1.29, 1.82) is 0 Å². The van der Waals surface area contributed by atoms with Crippen molar-refractivity contribution in [2.45, 2.75) is 20.0 Å². The van der Waals surface area contributed by atoms with E-state index in [0.717, 1.165) is 88.0 Å². The molecule has 9 rings (SSSR count). The Labute approximate surface area is 300 Å². The van der Waals surface area contributed by atoms with Gasteiger partial charge in [-0.2, -0.15) is 13.2 Å². The van der Waals surface area contributed by atoms with Gasteiger partial charge in [0, 0.05) is 0 Å². The van der Waals surface area contributed by atoms with Crippen LogP contribution in [-0.2, 0) is 6.18 Å². The number of aryl methyl sites for hydroxylation is 2. The summed E-state index contributed by atoms with van der Waals surface area (Å²) in [7, 11) is 0. The molecule has 52 heavy (non-hydrogen) atoms. The highest BCUT2D eigenvalue weighted by molar-refractivity contribution is 6.32. The zero-order chi connectivity index (χ0) is 35.6. The van der Waals surface area contributed by atoms with Crippen LogP contribution < -0.4 is 0 Å². The summed E-state index contributed by atoms with van der Waals surface area (Å²) in [6.45, 7) is 4.20. The number of benzene rings is 9. The third kappa shape index (κ3) is 5.41. The Morgan fingerprint density at radius 2 is 0.635 bits per heavy atom. The van der Waals surface area contributed by atoms with Crippen molar-refractivity contribution < 1.29 is 13.2 Å². The molecular formula is C49H33F3. The van der Waals surface area contributed by atoms with Gasteiger partial charge in [-0.15, -0.1) is 0 Å². The van der Waals surface area contributed by atoms with Crippen LogP contribution in [0.4, 0.5) is 13.2 Å². The lowest BCUT2D eigenvalue weighted by molar-refractivity contribution is -0.137. The van der Waals surface area contributed by atoms with Gasteiger partial charge in [-0.1, -0.05) is 151 Å². The third-order valence-corrected chi connectivity index (χ3v) is 10.5. The fraction of sp³-hybridized carbons (Fsp3) is 0.0612. The van der Waals surface area contributed by atoms with E-state index in [9.17, 15) is 13.2 Å². The summed E-state index contributed by atoms with van der Waals surface area (Å²) in [5, 5.41) is 6.66. The molecule has 3 heteroatoms. The van der Waals surface area contributed by atoms with Crippen molar-refractivity contribution in [3.8, 4) is 55.6 Å². The summed E-state index contributed by atoms with van der Waals surface area (Å²) in [4.78, 5) is 0. The zero-order valence-electron chi connectivity index (χ0n) is 28.7. The lowest BCUT2D eigenvalue weighted by Crippen LogP contribution is -2.04. The molecule has 0 N–H and O–H groups in total. The Morgan fingerprint density at radius 1 is 0.327 bits per heavy atom. The van der Waals surface area contributed by atoms with Gasteiger partial charge >= 0.3 is 6.18 Å². The molecule has 0 aliphatic heterocycles. The van der Waals surface area contributed by atoms with Gasteiger partial charge in [0.1, 0.15) is 0 Å². The number of hydrogen-bond donors (Lipinski definition) is 0. The number of halogens is 3. The highest BCUT2D eigenvalue weighted by Gasteiger charge is 2.30. The van der Waals surface area contributed by atoms with E-state index < -0.39 is 11.7 Å². The first-order chi connectivity index (χ1) is 25.2. The molecule has 0 amide bonds. The van der Waals surface area contributed by atoms with Gasteiger partial charge < -0.3 is 0 Å². The predicted octanol–water partition coefficient (Wildman–Crippen LogP) is 14.6. The number of rotatable bonds is 5. The van der Waals surface area contributed by atoms with E-state index in [1.807, 2.05) is 18.2 Å². The summed E-state index contributed by atoms with van der Waals surface area (Å²) in [5.74, 6) is 0. The molecule has 0 spiro atoms. The summed E-state index contributed by atoms with van der Waals surface area (Å²) < 4.78 is 41.1. The monoisotopic (exact) mass is 678 g/mol. The quantitative estimate of drug-likeness (QED) is 0.159. The maximum atomic E-state index is 13.7. The minimum atomic E-state index is -4.41. The van der Waals surface area contributed by atoms with E-state index >= 15 is 0 Å². The van der Waals surface area contributed by atoms with E-state index in [2.05, 4.69) is 135 Å². The van der Waals surface area contributed by atoms with Gasteiger partial charge in [0.05, 0.1) is 5.56 Å². The molecule has 0 radical (unpaired) electrons. The first-order valence-electron chi connectivity index (χ1n) is 17.5. The third-order valence-electron chi connectivity index (χ3n) is 10.5. The van der Waals surface area contributed by atoms with Gasteiger partial charge in [0.15, 0.2) is 0 Å². The molecule has 0 atom stereocenters. The Morgan fingerprint density at radius 3 is 1.00 bits per heavy atom. The minimum absolute atomic E-state index is 0.656. The average Bonchev–Trinajstić information content (AvgIpc) is 3.17. The fourth-order valence-electron chi connectivity index (χ4n) is 7.73. The molecule has 0 aliphatic rings. The molecule has 0 bridgehead atoms. The van der Waals surface area contributed by atoms with Crippen LogP contribution in [0.25, 0.3) is 88.0 Å². The lowest BCUT2D eigenvalue weighted by atomic mass is 9.81. The van der Waals surface area contributed by atoms with Gasteiger partial charge in [-0.25, -0.2) is 0 Å². The number of hydrogen-bond acceptors (Lipinski definition) is 0. The standard InChI is InChI=1S/C49H33F3/c1-30-8-12-34(13-9-30)43-28-44(35-14-10-31(2)11-15-35)40-25-27-42-46(37-20-22-38(23-21-37)49(50,51)52)29-45(41-26-24-39(43)47(40)48(41)42)36-18-16-33(17-19-36)32-6-4-3-5-7-32/h3-29H,1-2H3. The average molecular weight is 679 g/mol. The molecular weight excluding hydrogens is 646 g/mol. The predicted molar refractivity (Wildman–Crippen MR) is 212 cm³/mol. The second-order valence-corrected chi connectivity index (χ2v) is 13.8. The van der Waals surface area contributed by atoms with Gasteiger partial charge in [0.25, 0.3) is 0 Å². The number of alkyl halides is 3. The van der Waals surface area contributed by atoms with E-state index in [4.69, 9.17) is 0 Å². The molecule has 0 heterocycles. The molecule has 9 aromatic carbocycles. The molecule has 0 aromatic heterocycles. The minimum Gasteiger partial charge on any atom is -0.166 e. The molecule has 0 nitrogen and oxygen atoms in total. The molecule has 0 fully saturated rings. The van der Waals surface area contributed by atoms with E-state index in [0.29, 0.717) is 0 Å². The molecule has 0 aliphatic carbocycles. The van der Waals surface area contributed by atoms with Crippen LogP contribution in [0, 0.1) is 13.8 Å². The van der Waals surface area contributed by atoms with Crippen molar-refractivity contribution in [3.63, 3.8) is 0 Å². The SMILES string of the molecule is Cc1ccc(-c2cc(-c3ccc(C)cc3)c3ccc4c(-c5ccc(C(F)(F)F)cc5)cc(-c5ccc(-c6ccccc6)cc5)c5ccc2c3c54)cc1. The zero-order valence-corrected chi connectivity index (χ0v) is 28.7. The Bertz CT molecular complexity index is 2660. The molecule has 0 saturated heterocycles. The van der Waals surface area contributed by atoms with Crippen molar-refractivity contribution in [3.05, 3.63) is 180 Å². The van der Waals surface area contributed by atoms with E-state index in [-0.39, 0.29) is 0 Å². The van der Waals surface area contributed by atoms with Crippen LogP contribution in [0.15, 0.2) is 164 Å². The maximum absolute atomic E-state index is 13.7. The molecule has 9 aromatic rings. The van der Waals surface area contributed by atoms with Gasteiger partial charge in [0.2, 0.25) is 0 Å². The molecule has 250 valence electrons. The van der Waals surface area contributed by atoms with Crippen LogP contribution in [0.5, 0.6) is 0 Å². The molecule has 0 saturated carbocycles. The first kappa shape index (κ1) is 31.8. The van der Waals surface area contributed by atoms with E-state index in [1.54, 1.807) is 12.1 Å². The maximum Gasteiger partial charge on any atom is 0.416 e. The second kappa shape index (κ2) is 12.2. The van der Waals surface area contributed by atoms with Crippen molar-refractivity contribution >= 4 is 32.3 Å². The Kier molecular flexibility index (Phi) is 7.48. The van der Waals surface area contributed by atoms with Crippen molar-refractivity contribution in [2.24, 2.45) is 0 Å². The summed E-state index contributed by atoms with van der Waals surface area (Å²) in [5.41, 5.74) is 12.3. The van der Waals surface area contributed by atoms with Crippen LogP contribution in [0.1, 0.15) is 16.7 Å². The van der Waals surface area contributed by atoms with Crippen molar-refractivity contribution in [2.75, 3.05) is 0 Å². The highest BCUT2D eigenvalue weighted by atomic mass is 19.4. The second-order valence-electron chi connectivity index (χ2n) is 13.8. The van der Waals surface area contributed by atoms with Crippen molar-refractivity contribution in [1.82, 2.24) is 0 Å². The highest BCUT2D eigenvalue weighted by Crippen LogP contribution is 2.48. The summed E-state index contributed by atoms with van der Waals surface area (Å²) in [6.07, 6.45) is -4.41. The summed E-state index contributed by atoms with van der Waals surface area (Å²) in [6, 6.07) is 55.1. The smallest absolute Gasteiger partial charge is 0.166 e. The van der Waals surface area contributed by atoms with Crippen LogP contribution in [-0.4, -0.2) is 0 Å². The van der Waals surface area contributed by atoms with E-state index in [1.165, 1.54) is 23.3 Å². The normalized spacial score (nSPS) is 11.9. The Hall–Kier alpha value is -6.19. The largest absolute Gasteiger partial charge is 0.416 e. The first-order valence-corrected chi connectivity index (χ1v) is 17.5. The van der Waals surface area contributed by atoms with Crippen LogP contribution in [0.3, 0.4) is 0 Å². The van der Waals surface area contributed by atoms with Gasteiger partial charge in [-0.05, 0) is 126 Å². The Balaban J connectivity index is 1.38. The molecule has 0 unspecified atom stereocenters. The lowest BCUT2D eigenvalue weighted by Gasteiger charge is -2.22. The summed E-state index contributed by atoms with van der Waals surface area (Å²) >= 11 is 0. The van der Waals surface area contributed by atoms with Crippen LogP contribution in [0.2, 0.25) is 0 Å². The topological polar surface area (TPSA) is 0 Å². The van der Waals surface area contributed by atoms with Gasteiger partial charge in [-0.3, -0.25) is 0 Å².